The first-order chi connectivity index (χ1) is 16.2. The largest absolute Gasteiger partial charge is 0.416 e. The van der Waals surface area contributed by atoms with Crippen LogP contribution < -0.4 is 0 Å². The Bertz CT molecular complexity index is 1000. The lowest BCUT2D eigenvalue weighted by molar-refractivity contribution is -0.138. The minimum absolute atomic E-state index is 0.0159. The molecular formula is C25H31F3N4O2. The molecule has 0 aromatic heterocycles. The summed E-state index contributed by atoms with van der Waals surface area (Å²) in [4.78, 5) is 27.3. The van der Waals surface area contributed by atoms with Gasteiger partial charge >= 0.3 is 6.18 Å². The fourth-order valence-electron chi connectivity index (χ4n) is 4.94. The number of carbonyl (C=O) groups is 1. The molecule has 1 N–H and O–H groups in total. The van der Waals surface area contributed by atoms with Crippen LogP contribution in [-0.2, 0) is 11.0 Å². The summed E-state index contributed by atoms with van der Waals surface area (Å²) >= 11 is 0. The fourth-order valence-corrected chi connectivity index (χ4v) is 4.94. The van der Waals surface area contributed by atoms with Gasteiger partial charge in [-0.15, -0.1) is 0 Å². The highest BCUT2D eigenvalue weighted by atomic mass is 19.4. The van der Waals surface area contributed by atoms with Crippen LogP contribution in [0.4, 0.5) is 13.2 Å². The standard InChI is InChI=1S/C25H31F3N4O2/c1-4-17(9-10-33)13-30-16(2)31-23(29-3)24(34)32-14-19-11-18(12-20(19)15-32)21-7-5-6-8-22(21)25(26,27)28/h4-8,13,18-20,33H,9-12,14-15H2,1-3H3/b17-4-,29-23?,30-13?,31-16?/t18?,19-,20+. The molecule has 1 aliphatic carbocycles. The molecule has 9 heteroatoms. The van der Waals surface area contributed by atoms with Gasteiger partial charge in [-0.25, -0.2) is 9.98 Å². The van der Waals surface area contributed by atoms with Crippen molar-refractivity contribution in [1.29, 1.82) is 0 Å². The average Bonchev–Trinajstić information content (AvgIpc) is 3.38. The maximum Gasteiger partial charge on any atom is 0.416 e. The lowest BCUT2D eigenvalue weighted by Crippen LogP contribution is -2.35. The Kier molecular flexibility index (Phi) is 8.41. The van der Waals surface area contributed by atoms with E-state index in [0.717, 1.165) is 11.6 Å². The Morgan fingerprint density at radius 3 is 2.41 bits per heavy atom. The maximum absolute atomic E-state index is 13.4. The predicted octanol–water partition coefficient (Wildman–Crippen LogP) is 4.50. The summed E-state index contributed by atoms with van der Waals surface area (Å²) in [5.41, 5.74) is 0.656. The molecule has 1 saturated heterocycles. The van der Waals surface area contributed by atoms with Crippen molar-refractivity contribution in [2.24, 2.45) is 26.8 Å². The van der Waals surface area contributed by atoms with Crippen LogP contribution in [0.25, 0.3) is 0 Å². The van der Waals surface area contributed by atoms with Gasteiger partial charge in [-0.1, -0.05) is 24.3 Å². The van der Waals surface area contributed by atoms with E-state index in [9.17, 15) is 18.0 Å². The van der Waals surface area contributed by atoms with E-state index in [1.54, 1.807) is 30.2 Å². The summed E-state index contributed by atoms with van der Waals surface area (Å²) in [6, 6.07) is 5.81. The van der Waals surface area contributed by atoms with Crippen LogP contribution in [0.3, 0.4) is 0 Å². The Morgan fingerprint density at radius 1 is 1.21 bits per heavy atom. The zero-order valence-electron chi connectivity index (χ0n) is 19.7. The Balaban J connectivity index is 1.65. The maximum atomic E-state index is 13.4. The minimum Gasteiger partial charge on any atom is -0.396 e. The van der Waals surface area contributed by atoms with Crippen molar-refractivity contribution >= 4 is 23.8 Å². The molecule has 6 nitrogen and oxygen atoms in total. The molecule has 3 rings (SSSR count). The number of likely N-dealkylation sites (tertiary alicyclic amines) is 1. The van der Waals surface area contributed by atoms with Gasteiger partial charge in [0.05, 0.1) is 5.56 Å². The third-order valence-electron chi connectivity index (χ3n) is 6.60. The summed E-state index contributed by atoms with van der Waals surface area (Å²) in [6.07, 6.45) is 0.814. The quantitative estimate of drug-likeness (QED) is 0.513. The molecule has 1 saturated carbocycles. The number of carbonyl (C=O) groups excluding carboxylic acids is 1. The highest BCUT2D eigenvalue weighted by Gasteiger charge is 2.45. The predicted molar refractivity (Wildman–Crippen MR) is 127 cm³/mol. The molecule has 0 radical (unpaired) electrons. The van der Waals surface area contributed by atoms with Gasteiger partial charge in [-0.05, 0) is 68.1 Å². The number of halogens is 3. The number of alkyl halides is 3. The lowest BCUT2D eigenvalue weighted by atomic mass is 9.91. The van der Waals surface area contributed by atoms with Crippen molar-refractivity contribution in [2.45, 2.75) is 45.2 Å². The number of fused-ring (bicyclic) bond motifs is 1. The molecule has 1 aliphatic heterocycles. The van der Waals surface area contributed by atoms with Gasteiger partial charge < -0.3 is 10.0 Å². The van der Waals surface area contributed by atoms with Crippen molar-refractivity contribution < 1.29 is 23.1 Å². The molecule has 1 amide bonds. The van der Waals surface area contributed by atoms with Crippen LogP contribution in [0.15, 0.2) is 50.9 Å². The van der Waals surface area contributed by atoms with E-state index in [4.69, 9.17) is 5.11 Å². The second-order valence-electron chi connectivity index (χ2n) is 8.79. The lowest BCUT2D eigenvalue weighted by Gasteiger charge is -2.21. The average molecular weight is 477 g/mol. The third kappa shape index (κ3) is 6.00. The van der Waals surface area contributed by atoms with Gasteiger partial charge in [-0.3, -0.25) is 9.79 Å². The molecule has 2 aliphatic rings. The topological polar surface area (TPSA) is 77.6 Å². The van der Waals surface area contributed by atoms with Crippen molar-refractivity contribution in [1.82, 2.24) is 4.90 Å². The molecule has 1 aromatic carbocycles. The monoisotopic (exact) mass is 476 g/mol. The Labute approximate surface area is 198 Å². The summed E-state index contributed by atoms with van der Waals surface area (Å²) in [5, 5.41) is 9.06. The number of aliphatic hydroxyl groups is 1. The van der Waals surface area contributed by atoms with E-state index < -0.39 is 11.7 Å². The first kappa shape index (κ1) is 25.8. The van der Waals surface area contributed by atoms with E-state index in [0.29, 0.717) is 43.8 Å². The number of aliphatic hydroxyl groups excluding tert-OH is 1. The van der Waals surface area contributed by atoms with Gasteiger partial charge in [-0.2, -0.15) is 13.2 Å². The van der Waals surface area contributed by atoms with E-state index >= 15 is 0 Å². The SMILES string of the molecule is C/C=C(\C=NC(C)=NC(=NC)C(=O)N1C[C@H]2CC(c3ccccc3C(F)(F)F)C[C@H]2C1)CCO. The van der Waals surface area contributed by atoms with Crippen molar-refractivity contribution in [3.05, 3.63) is 47.0 Å². The molecule has 0 bridgehead atoms. The summed E-state index contributed by atoms with van der Waals surface area (Å²) in [5.74, 6) is 0.297. The second kappa shape index (κ2) is 11.1. The zero-order valence-corrected chi connectivity index (χ0v) is 19.7. The number of amidine groups is 2. The third-order valence-corrected chi connectivity index (χ3v) is 6.60. The van der Waals surface area contributed by atoms with Crippen molar-refractivity contribution in [3.63, 3.8) is 0 Å². The first-order valence-electron chi connectivity index (χ1n) is 11.5. The van der Waals surface area contributed by atoms with Crippen LogP contribution in [0.2, 0.25) is 0 Å². The van der Waals surface area contributed by atoms with Crippen LogP contribution in [0.1, 0.15) is 50.2 Å². The first-order valence-corrected chi connectivity index (χ1v) is 11.5. The number of amides is 1. The van der Waals surface area contributed by atoms with Gasteiger partial charge in [0.2, 0.25) is 5.84 Å². The number of hydrogen-bond acceptors (Lipinski definition) is 3. The number of benzene rings is 1. The summed E-state index contributed by atoms with van der Waals surface area (Å²) < 4.78 is 40.3. The normalized spacial score (nSPS) is 24.3. The van der Waals surface area contributed by atoms with Crippen LogP contribution in [0.5, 0.6) is 0 Å². The van der Waals surface area contributed by atoms with Gasteiger partial charge in [0.15, 0.2) is 0 Å². The van der Waals surface area contributed by atoms with Gasteiger partial charge in [0, 0.05) is 33.0 Å². The van der Waals surface area contributed by atoms with Crippen LogP contribution >= 0.6 is 0 Å². The van der Waals surface area contributed by atoms with E-state index in [-0.39, 0.29) is 36.1 Å². The van der Waals surface area contributed by atoms with E-state index in [2.05, 4.69) is 15.0 Å². The van der Waals surface area contributed by atoms with Crippen molar-refractivity contribution in [3.8, 4) is 0 Å². The number of aliphatic imine (C=N–C) groups is 3. The summed E-state index contributed by atoms with van der Waals surface area (Å²) in [6.45, 7) is 4.52. The number of nitrogens with zero attached hydrogens (tertiary/aromatic N) is 4. The molecular weight excluding hydrogens is 445 g/mol. The number of rotatable bonds is 4. The molecule has 34 heavy (non-hydrogen) atoms. The highest BCUT2D eigenvalue weighted by molar-refractivity contribution is 6.39. The molecule has 0 spiro atoms. The Morgan fingerprint density at radius 2 is 1.85 bits per heavy atom. The number of allylic oxidation sites excluding steroid dienone is 1. The second-order valence-corrected chi connectivity index (χ2v) is 8.79. The highest BCUT2D eigenvalue weighted by Crippen LogP contribution is 2.48. The summed E-state index contributed by atoms with van der Waals surface area (Å²) in [7, 11) is 1.50. The van der Waals surface area contributed by atoms with Crippen LogP contribution in [0, 0.1) is 11.8 Å². The molecule has 2 fully saturated rings. The fraction of sp³-hybridized carbons (Fsp3) is 0.520. The number of hydrogen-bond donors (Lipinski definition) is 1. The van der Waals surface area contributed by atoms with Gasteiger partial charge in [0.25, 0.3) is 5.91 Å². The van der Waals surface area contributed by atoms with E-state index in [1.807, 2.05) is 13.0 Å². The molecule has 1 heterocycles. The zero-order chi connectivity index (χ0) is 24.9. The molecule has 3 atom stereocenters. The Hall–Kier alpha value is -2.81. The minimum atomic E-state index is -4.37. The smallest absolute Gasteiger partial charge is 0.396 e. The molecule has 1 aromatic rings. The van der Waals surface area contributed by atoms with Gasteiger partial charge in [0.1, 0.15) is 5.84 Å². The molecule has 1 unspecified atom stereocenters. The van der Waals surface area contributed by atoms with E-state index in [1.165, 1.54) is 13.1 Å². The van der Waals surface area contributed by atoms with Crippen LogP contribution in [-0.4, -0.2) is 60.5 Å². The molecule has 184 valence electrons. The van der Waals surface area contributed by atoms with Crippen molar-refractivity contribution in [2.75, 3.05) is 26.7 Å².